The Balaban J connectivity index is 1.64. The van der Waals surface area contributed by atoms with Gasteiger partial charge in [-0.2, -0.15) is 0 Å². The average molecular weight is 297 g/mol. The number of hydroxylamine groups is 1. The minimum Gasteiger partial charge on any atom is -0.758 e. The summed E-state index contributed by atoms with van der Waals surface area (Å²) in [5, 5.41) is 12.2. The van der Waals surface area contributed by atoms with Crippen molar-refractivity contribution in [2.75, 3.05) is 18.7 Å². The summed E-state index contributed by atoms with van der Waals surface area (Å²) in [5.74, 6) is 0.332. The summed E-state index contributed by atoms with van der Waals surface area (Å²) < 4.78 is 5.69. The second kappa shape index (κ2) is 6.90. The Hall–Kier alpha value is -1.91. The predicted octanol–water partition coefficient (Wildman–Crippen LogP) is 3.65. The second-order valence-corrected chi connectivity index (χ2v) is 5.83. The first-order valence-corrected chi connectivity index (χ1v) is 7.75. The van der Waals surface area contributed by atoms with E-state index < -0.39 is 0 Å². The SMILES string of the molecule is CN([O-])c1cnc2c(c1)COCC2CCCc1ccccc1. The predicted molar refractivity (Wildman–Crippen MR) is 87.8 cm³/mol. The van der Waals surface area contributed by atoms with Gasteiger partial charge in [-0.15, -0.1) is 0 Å². The molecule has 0 saturated carbocycles. The Morgan fingerprint density at radius 1 is 1.32 bits per heavy atom. The van der Waals surface area contributed by atoms with Crippen LogP contribution in [0.2, 0.25) is 0 Å². The zero-order valence-electron chi connectivity index (χ0n) is 12.9. The van der Waals surface area contributed by atoms with Crippen LogP contribution in [0.25, 0.3) is 0 Å². The van der Waals surface area contributed by atoms with Gasteiger partial charge in [-0.05, 0) is 37.9 Å². The van der Waals surface area contributed by atoms with Gasteiger partial charge in [-0.3, -0.25) is 4.98 Å². The van der Waals surface area contributed by atoms with Crippen LogP contribution in [0.5, 0.6) is 0 Å². The molecule has 1 aromatic heterocycles. The van der Waals surface area contributed by atoms with Crippen LogP contribution in [0.15, 0.2) is 42.6 Å². The van der Waals surface area contributed by atoms with Gasteiger partial charge in [0.15, 0.2) is 0 Å². The molecule has 0 N–H and O–H groups in total. The Labute approximate surface area is 131 Å². The summed E-state index contributed by atoms with van der Waals surface area (Å²) in [4.78, 5) is 4.53. The maximum atomic E-state index is 11.4. The lowest BCUT2D eigenvalue weighted by Crippen LogP contribution is -2.19. The van der Waals surface area contributed by atoms with Crippen LogP contribution in [0.4, 0.5) is 5.69 Å². The van der Waals surface area contributed by atoms with Crippen molar-refractivity contribution in [3.63, 3.8) is 0 Å². The molecule has 2 aromatic rings. The van der Waals surface area contributed by atoms with Gasteiger partial charge in [0.25, 0.3) is 0 Å². The molecule has 0 radical (unpaired) electrons. The van der Waals surface area contributed by atoms with Crippen LogP contribution >= 0.6 is 0 Å². The van der Waals surface area contributed by atoms with Crippen molar-refractivity contribution in [1.82, 2.24) is 4.98 Å². The molecule has 0 fully saturated rings. The van der Waals surface area contributed by atoms with Crippen molar-refractivity contribution in [3.05, 3.63) is 64.6 Å². The number of ether oxygens (including phenoxy) is 1. The van der Waals surface area contributed by atoms with Gasteiger partial charge in [-0.1, -0.05) is 30.3 Å². The van der Waals surface area contributed by atoms with Gasteiger partial charge < -0.3 is 15.0 Å². The molecule has 3 rings (SSSR count). The highest BCUT2D eigenvalue weighted by Gasteiger charge is 2.22. The third kappa shape index (κ3) is 3.46. The zero-order chi connectivity index (χ0) is 15.4. The van der Waals surface area contributed by atoms with Gasteiger partial charge in [-0.25, -0.2) is 0 Å². The quantitative estimate of drug-likeness (QED) is 0.790. The molecule has 1 aromatic carbocycles. The van der Waals surface area contributed by atoms with Gasteiger partial charge in [0.2, 0.25) is 0 Å². The first kappa shape index (κ1) is 15.0. The van der Waals surface area contributed by atoms with Gasteiger partial charge in [0, 0.05) is 23.4 Å². The number of aryl methyl sites for hydroxylation is 1. The van der Waals surface area contributed by atoms with E-state index in [1.54, 1.807) is 6.20 Å². The molecule has 4 heteroatoms. The molecule has 0 bridgehead atoms. The maximum absolute atomic E-state index is 11.4. The number of rotatable bonds is 5. The lowest BCUT2D eigenvalue weighted by molar-refractivity contribution is 0.0863. The molecular weight excluding hydrogens is 276 g/mol. The highest BCUT2D eigenvalue weighted by atomic mass is 16.5. The Kier molecular flexibility index (Phi) is 4.71. The van der Waals surface area contributed by atoms with Crippen molar-refractivity contribution < 1.29 is 4.74 Å². The Bertz CT molecular complexity index is 614. The van der Waals surface area contributed by atoms with Crippen molar-refractivity contribution in [2.45, 2.75) is 31.8 Å². The van der Waals surface area contributed by atoms with Gasteiger partial charge >= 0.3 is 0 Å². The lowest BCUT2D eigenvalue weighted by atomic mass is 9.92. The monoisotopic (exact) mass is 297 g/mol. The zero-order valence-corrected chi connectivity index (χ0v) is 12.9. The molecule has 0 saturated heterocycles. The number of aromatic nitrogens is 1. The summed E-state index contributed by atoms with van der Waals surface area (Å²) >= 11 is 0. The third-order valence-corrected chi connectivity index (χ3v) is 4.17. The Morgan fingerprint density at radius 3 is 2.91 bits per heavy atom. The fourth-order valence-corrected chi connectivity index (χ4v) is 2.97. The topological polar surface area (TPSA) is 48.4 Å². The van der Waals surface area contributed by atoms with Crippen LogP contribution in [0, 0.1) is 5.21 Å². The Morgan fingerprint density at radius 2 is 2.14 bits per heavy atom. The van der Waals surface area contributed by atoms with Crippen LogP contribution < -0.4 is 5.06 Å². The second-order valence-electron chi connectivity index (χ2n) is 5.83. The number of anilines is 1. The van der Waals surface area contributed by atoms with Gasteiger partial charge in [0.05, 0.1) is 18.9 Å². The van der Waals surface area contributed by atoms with Crippen LogP contribution in [-0.2, 0) is 17.8 Å². The van der Waals surface area contributed by atoms with E-state index in [9.17, 15) is 5.21 Å². The van der Waals surface area contributed by atoms with E-state index in [1.807, 2.05) is 12.1 Å². The lowest BCUT2D eigenvalue weighted by Gasteiger charge is -2.29. The van der Waals surface area contributed by atoms with E-state index in [0.717, 1.165) is 42.2 Å². The van der Waals surface area contributed by atoms with E-state index in [2.05, 4.69) is 29.2 Å². The number of nitrogens with zero attached hydrogens (tertiary/aromatic N) is 2. The van der Waals surface area contributed by atoms with E-state index >= 15 is 0 Å². The molecular formula is C18H21N2O2-. The minimum absolute atomic E-state index is 0.332. The summed E-state index contributed by atoms with van der Waals surface area (Å²) in [5.41, 5.74) is 4.11. The van der Waals surface area contributed by atoms with E-state index in [4.69, 9.17) is 4.74 Å². The molecule has 0 aliphatic carbocycles. The molecule has 0 spiro atoms. The minimum atomic E-state index is 0.332. The highest BCUT2D eigenvalue weighted by molar-refractivity contribution is 5.48. The maximum Gasteiger partial charge on any atom is 0.0735 e. The molecule has 4 nitrogen and oxygen atoms in total. The number of benzene rings is 1. The normalized spacial score (nSPS) is 17.1. The summed E-state index contributed by atoms with van der Waals surface area (Å²) in [6.07, 6.45) is 4.92. The largest absolute Gasteiger partial charge is 0.758 e. The molecule has 1 unspecified atom stereocenters. The number of fused-ring (bicyclic) bond motifs is 1. The molecule has 0 amide bonds. The first-order chi connectivity index (χ1) is 10.7. The smallest absolute Gasteiger partial charge is 0.0735 e. The van der Waals surface area contributed by atoms with E-state index in [1.165, 1.54) is 12.6 Å². The standard InChI is InChI=1S/C18H21N2O2/c1-20(21)17-10-16-13-22-12-15(18(16)19-11-17)9-5-8-14-6-3-2-4-7-14/h2-4,6-7,10-11,15H,5,8-9,12-13H2,1H3/q-1. The summed E-state index contributed by atoms with van der Waals surface area (Å²) in [6.45, 7) is 1.28. The van der Waals surface area contributed by atoms with Crippen LogP contribution in [-0.4, -0.2) is 18.6 Å². The molecule has 2 heterocycles. The van der Waals surface area contributed by atoms with E-state index in [0.29, 0.717) is 18.2 Å². The summed E-state index contributed by atoms with van der Waals surface area (Å²) in [6, 6.07) is 12.4. The molecule has 1 aliphatic heterocycles. The number of hydrogen-bond donors (Lipinski definition) is 0. The third-order valence-electron chi connectivity index (χ3n) is 4.17. The fraction of sp³-hybridized carbons (Fsp3) is 0.389. The fourth-order valence-electron chi connectivity index (χ4n) is 2.97. The van der Waals surface area contributed by atoms with Crippen molar-refractivity contribution in [2.24, 2.45) is 0 Å². The number of hydrogen-bond acceptors (Lipinski definition) is 4. The number of pyridine rings is 1. The molecule has 116 valence electrons. The van der Waals surface area contributed by atoms with Gasteiger partial charge in [0.1, 0.15) is 0 Å². The molecule has 1 aliphatic rings. The van der Waals surface area contributed by atoms with Crippen molar-refractivity contribution >= 4 is 5.69 Å². The first-order valence-electron chi connectivity index (χ1n) is 7.75. The molecule has 1 atom stereocenters. The molecule has 22 heavy (non-hydrogen) atoms. The average Bonchev–Trinajstić information content (AvgIpc) is 2.55. The van der Waals surface area contributed by atoms with Crippen molar-refractivity contribution in [1.29, 1.82) is 0 Å². The van der Waals surface area contributed by atoms with Crippen LogP contribution in [0.3, 0.4) is 0 Å². The summed E-state index contributed by atoms with van der Waals surface area (Å²) in [7, 11) is 1.49. The highest BCUT2D eigenvalue weighted by Crippen LogP contribution is 2.30. The van der Waals surface area contributed by atoms with E-state index in [-0.39, 0.29) is 0 Å². The van der Waals surface area contributed by atoms with Crippen LogP contribution in [0.1, 0.15) is 35.6 Å². The van der Waals surface area contributed by atoms with Crippen molar-refractivity contribution in [3.8, 4) is 0 Å².